The summed E-state index contributed by atoms with van der Waals surface area (Å²) < 4.78 is 13.8. The molecule has 1 fully saturated rings. The number of anilines is 2. The molecule has 1 aliphatic rings. The first-order valence-corrected chi connectivity index (χ1v) is 11.2. The van der Waals surface area contributed by atoms with Gasteiger partial charge in [-0.15, -0.1) is 0 Å². The van der Waals surface area contributed by atoms with Crippen LogP contribution in [0.15, 0.2) is 36.5 Å². The number of aromatic nitrogens is 2. The predicted octanol–water partition coefficient (Wildman–Crippen LogP) is 3.94. The van der Waals surface area contributed by atoms with E-state index in [9.17, 15) is 14.0 Å². The van der Waals surface area contributed by atoms with E-state index in [1.54, 1.807) is 22.4 Å². The van der Waals surface area contributed by atoms with Crippen LogP contribution in [-0.2, 0) is 9.59 Å². The van der Waals surface area contributed by atoms with E-state index in [4.69, 9.17) is 11.6 Å². The largest absolute Gasteiger partial charge is 0.346 e. The second kappa shape index (κ2) is 9.57. The smallest absolute Gasteiger partial charge is 0.224 e. The van der Waals surface area contributed by atoms with Gasteiger partial charge in [-0.1, -0.05) is 22.9 Å². The highest BCUT2D eigenvalue weighted by Crippen LogP contribution is 2.27. The first-order chi connectivity index (χ1) is 15.0. The molecule has 1 saturated heterocycles. The van der Waals surface area contributed by atoms with Gasteiger partial charge in [-0.2, -0.15) is 0 Å². The Hall–Kier alpha value is -2.78. The molecule has 162 valence electrons. The van der Waals surface area contributed by atoms with Crippen LogP contribution < -0.4 is 10.2 Å². The van der Waals surface area contributed by atoms with Crippen LogP contribution in [0, 0.1) is 5.82 Å². The number of benzene rings is 1. The molecule has 1 aromatic carbocycles. The summed E-state index contributed by atoms with van der Waals surface area (Å²) in [5, 5.41) is 3.65. The number of carbonyl (C=O) groups is 2. The summed E-state index contributed by atoms with van der Waals surface area (Å²) in [6.45, 7) is 2.68. The zero-order valence-electron chi connectivity index (χ0n) is 16.7. The monoisotopic (exact) mass is 461 g/mol. The van der Waals surface area contributed by atoms with Crippen molar-refractivity contribution in [2.45, 2.75) is 19.3 Å². The second-order valence-corrected chi connectivity index (χ2v) is 8.61. The minimum atomic E-state index is -0.607. The molecule has 0 atom stereocenters. The summed E-state index contributed by atoms with van der Waals surface area (Å²) in [5.74, 6) is -1.10. The lowest BCUT2D eigenvalue weighted by Gasteiger charge is -2.21. The molecule has 7 nitrogen and oxygen atoms in total. The quantitative estimate of drug-likeness (QED) is 0.622. The molecule has 3 aromatic rings. The fraction of sp³-hybridized carbons (Fsp3) is 0.333. The van der Waals surface area contributed by atoms with Crippen molar-refractivity contribution in [1.82, 2.24) is 14.9 Å². The van der Waals surface area contributed by atoms with Crippen LogP contribution in [0.4, 0.5) is 15.2 Å². The maximum absolute atomic E-state index is 13.8. The van der Waals surface area contributed by atoms with Crippen molar-refractivity contribution in [3.8, 4) is 0 Å². The molecule has 31 heavy (non-hydrogen) atoms. The number of nitrogens with one attached hydrogen (secondary N) is 1. The molecular weight excluding hydrogens is 441 g/mol. The van der Waals surface area contributed by atoms with Crippen molar-refractivity contribution in [3.05, 3.63) is 47.4 Å². The summed E-state index contributed by atoms with van der Waals surface area (Å²) >= 11 is 7.26. The number of fused-ring (bicyclic) bond motifs is 1. The van der Waals surface area contributed by atoms with E-state index in [2.05, 4.69) is 20.2 Å². The van der Waals surface area contributed by atoms with Crippen molar-refractivity contribution >= 4 is 55.9 Å². The summed E-state index contributed by atoms with van der Waals surface area (Å²) in [6.07, 6.45) is 2.64. The Morgan fingerprint density at radius 1 is 1.16 bits per heavy atom. The fourth-order valence-electron chi connectivity index (χ4n) is 3.43. The zero-order valence-corrected chi connectivity index (χ0v) is 18.3. The Bertz CT molecular complexity index is 1080. The van der Waals surface area contributed by atoms with Crippen LogP contribution in [0.5, 0.6) is 0 Å². The summed E-state index contributed by atoms with van der Waals surface area (Å²) in [5.41, 5.74) is 0.931. The van der Waals surface area contributed by atoms with Gasteiger partial charge < -0.3 is 15.1 Å². The van der Waals surface area contributed by atoms with Crippen molar-refractivity contribution in [2.75, 3.05) is 36.4 Å². The van der Waals surface area contributed by atoms with E-state index < -0.39 is 11.7 Å². The van der Waals surface area contributed by atoms with E-state index in [-0.39, 0.29) is 29.5 Å². The average molecular weight is 462 g/mol. The Morgan fingerprint density at radius 3 is 2.84 bits per heavy atom. The third-order valence-electron chi connectivity index (χ3n) is 5.05. The molecule has 0 aliphatic carbocycles. The maximum Gasteiger partial charge on any atom is 0.224 e. The van der Waals surface area contributed by atoms with E-state index in [0.29, 0.717) is 19.6 Å². The number of hydrogen-bond acceptors (Lipinski definition) is 6. The van der Waals surface area contributed by atoms with Crippen molar-refractivity contribution < 1.29 is 14.0 Å². The van der Waals surface area contributed by atoms with Gasteiger partial charge in [0.05, 0.1) is 5.69 Å². The number of hydrogen-bond donors (Lipinski definition) is 1. The SMILES string of the molecule is O=C(CCC(=O)N1CCCN(c2nc3cccnc3s2)CC1)Nc1ccc(Cl)cc1F. The zero-order chi connectivity index (χ0) is 21.8. The molecule has 2 aromatic heterocycles. The van der Waals surface area contributed by atoms with Crippen LogP contribution in [-0.4, -0.2) is 52.9 Å². The molecule has 0 saturated carbocycles. The highest BCUT2D eigenvalue weighted by Gasteiger charge is 2.22. The number of carbonyl (C=O) groups excluding carboxylic acids is 2. The number of nitrogens with zero attached hydrogens (tertiary/aromatic N) is 4. The summed E-state index contributed by atoms with van der Waals surface area (Å²) in [7, 11) is 0. The van der Waals surface area contributed by atoms with Crippen molar-refractivity contribution in [3.63, 3.8) is 0 Å². The lowest BCUT2D eigenvalue weighted by Crippen LogP contribution is -2.35. The lowest BCUT2D eigenvalue weighted by atomic mass is 10.2. The van der Waals surface area contributed by atoms with Gasteiger partial charge in [-0.05, 0) is 36.8 Å². The molecule has 0 radical (unpaired) electrons. The van der Waals surface area contributed by atoms with E-state index in [1.165, 1.54) is 12.1 Å². The topological polar surface area (TPSA) is 78.4 Å². The Balaban J connectivity index is 1.28. The molecule has 10 heteroatoms. The first-order valence-electron chi connectivity index (χ1n) is 9.99. The van der Waals surface area contributed by atoms with Crippen LogP contribution >= 0.6 is 22.9 Å². The number of rotatable bonds is 5. The first kappa shape index (κ1) is 21.5. The van der Waals surface area contributed by atoms with Crippen LogP contribution in [0.3, 0.4) is 0 Å². The summed E-state index contributed by atoms with van der Waals surface area (Å²) in [6, 6.07) is 7.84. The Kier molecular flexibility index (Phi) is 6.62. The molecule has 1 aliphatic heterocycles. The number of thiazole rings is 1. The van der Waals surface area contributed by atoms with Gasteiger partial charge in [0.25, 0.3) is 0 Å². The number of pyridine rings is 1. The summed E-state index contributed by atoms with van der Waals surface area (Å²) in [4.78, 5) is 38.6. The van der Waals surface area contributed by atoms with Crippen LogP contribution in [0.2, 0.25) is 5.02 Å². The second-order valence-electron chi connectivity index (χ2n) is 7.22. The highest BCUT2D eigenvalue weighted by atomic mass is 35.5. The van der Waals surface area contributed by atoms with E-state index in [0.717, 1.165) is 34.5 Å². The minimum absolute atomic E-state index is 0.00927. The van der Waals surface area contributed by atoms with Gasteiger partial charge in [0.15, 0.2) is 5.13 Å². The maximum atomic E-state index is 13.8. The molecule has 4 rings (SSSR count). The van der Waals surface area contributed by atoms with Gasteiger partial charge in [0, 0.05) is 50.2 Å². The average Bonchev–Trinajstić information content (AvgIpc) is 3.03. The van der Waals surface area contributed by atoms with Crippen molar-refractivity contribution in [2.24, 2.45) is 0 Å². The normalized spacial score (nSPS) is 14.5. The van der Waals surface area contributed by atoms with Gasteiger partial charge in [0.2, 0.25) is 11.8 Å². The third kappa shape index (κ3) is 5.29. The molecule has 0 unspecified atom stereocenters. The molecule has 3 heterocycles. The van der Waals surface area contributed by atoms with Gasteiger partial charge in [0.1, 0.15) is 16.2 Å². The Labute approximate surface area is 187 Å². The Morgan fingerprint density at radius 2 is 2.03 bits per heavy atom. The molecule has 0 bridgehead atoms. The molecule has 0 spiro atoms. The predicted molar refractivity (Wildman–Crippen MR) is 120 cm³/mol. The number of amides is 2. The lowest BCUT2D eigenvalue weighted by molar-refractivity contribution is -0.132. The van der Waals surface area contributed by atoms with Gasteiger partial charge >= 0.3 is 0 Å². The van der Waals surface area contributed by atoms with E-state index >= 15 is 0 Å². The highest BCUT2D eigenvalue weighted by molar-refractivity contribution is 7.21. The fourth-order valence-corrected chi connectivity index (χ4v) is 4.55. The van der Waals surface area contributed by atoms with Gasteiger partial charge in [-0.3, -0.25) is 9.59 Å². The van der Waals surface area contributed by atoms with Crippen LogP contribution in [0.1, 0.15) is 19.3 Å². The van der Waals surface area contributed by atoms with Crippen molar-refractivity contribution in [1.29, 1.82) is 0 Å². The van der Waals surface area contributed by atoms with Gasteiger partial charge in [-0.25, -0.2) is 14.4 Å². The molecular formula is C21H21ClFN5O2S. The minimum Gasteiger partial charge on any atom is -0.346 e. The molecule has 2 amide bonds. The van der Waals surface area contributed by atoms with E-state index in [1.807, 2.05) is 12.1 Å². The number of halogens is 2. The standard InChI is InChI=1S/C21H21ClFN5O2S/c22-14-4-5-16(15(23)13-14)25-18(29)6-7-19(30)27-9-2-10-28(12-11-27)21-26-17-3-1-8-24-20(17)31-21/h1,3-5,8,13H,2,6-7,9-12H2,(H,25,29). The third-order valence-corrected chi connectivity index (χ3v) is 6.32. The molecule has 1 N–H and O–H groups in total. The van der Waals surface area contributed by atoms with Crippen LogP contribution in [0.25, 0.3) is 10.3 Å².